The third-order valence-electron chi connectivity index (χ3n) is 2.60. The minimum absolute atomic E-state index is 0.113. The molecule has 0 aliphatic carbocycles. The molecule has 0 radical (unpaired) electrons. The molecule has 0 bridgehead atoms. The van der Waals surface area contributed by atoms with Crippen molar-refractivity contribution in [2.75, 3.05) is 11.9 Å². The Morgan fingerprint density at radius 3 is 2.60 bits per heavy atom. The van der Waals surface area contributed by atoms with Crippen molar-refractivity contribution in [1.82, 2.24) is 4.98 Å². The Hall–Kier alpha value is -2.24. The fourth-order valence-electron chi connectivity index (χ4n) is 1.60. The van der Waals surface area contributed by atoms with Crippen LogP contribution in [0.5, 0.6) is 11.6 Å². The van der Waals surface area contributed by atoms with E-state index in [2.05, 4.69) is 10.3 Å². The summed E-state index contributed by atoms with van der Waals surface area (Å²) in [5.74, 6) is -2.67. The Balaban J connectivity index is 2.37. The minimum Gasteiger partial charge on any atom is -0.436 e. The molecule has 0 saturated carbocycles. The van der Waals surface area contributed by atoms with Crippen molar-refractivity contribution in [1.29, 1.82) is 0 Å². The Morgan fingerprint density at radius 2 is 1.90 bits per heavy atom. The van der Waals surface area contributed by atoms with E-state index in [1.165, 1.54) is 12.1 Å². The summed E-state index contributed by atoms with van der Waals surface area (Å²) in [5.41, 5.74) is 0.613. The lowest BCUT2D eigenvalue weighted by Gasteiger charge is -2.11. The number of halogens is 3. The predicted octanol–water partition coefficient (Wildman–Crippen LogP) is 4.03. The highest BCUT2D eigenvalue weighted by Gasteiger charge is 2.14. The summed E-state index contributed by atoms with van der Waals surface area (Å²) in [6.07, 6.45) is 0. The molecule has 2 rings (SSSR count). The zero-order valence-corrected chi connectivity index (χ0v) is 11.0. The second-order valence-corrected chi connectivity index (χ2v) is 4.15. The lowest BCUT2D eigenvalue weighted by molar-refractivity contribution is 0.413. The largest absolute Gasteiger partial charge is 0.436 e. The van der Waals surface area contributed by atoms with Gasteiger partial charge in [0.2, 0.25) is 0 Å². The van der Waals surface area contributed by atoms with Gasteiger partial charge in [0.25, 0.3) is 5.88 Å². The maximum absolute atomic E-state index is 13.6. The van der Waals surface area contributed by atoms with Gasteiger partial charge >= 0.3 is 0 Å². The summed E-state index contributed by atoms with van der Waals surface area (Å²) < 4.78 is 45.4. The van der Waals surface area contributed by atoms with Gasteiger partial charge in [-0.3, -0.25) is 0 Å². The van der Waals surface area contributed by atoms with Crippen molar-refractivity contribution in [3.05, 3.63) is 47.3 Å². The van der Waals surface area contributed by atoms with E-state index in [-0.39, 0.29) is 11.6 Å². The summed E-state index contributed by atoms with van der Waals surface area (Å²) in [5, 5.41) is 2.65. The number of hydrogen-bond donors (Lipinski definition) is 1. The maximum Gasteiger partial charge on any atom is 0.258 e. The van der Waals surface area contributed by atoms with Crippen LogP contribution in [-0.2, 0) is 0 Å². The monoisotopic (exact) mass is 282 g/mol. The Morgan fingerprint density at radius 1 is 1.15 bits per heavy atom. The first-order chi connectivity index (χ1) is 9.51. The quantitative estimate of drug-likeness (QED) is 0.919. The van der Waals surface area contributed by atoms with Crippen LogP contribution in [0, 0.1) is 24.4 Å². The molecule has 1 N–H and O–H groups in total. The van der Waals surface area contributed by atoms with Crippen LogP contribution >= 0.6 is 0 Å². The standard InChI is InChI=1S/C14H13F3N2O/c1-3-18-13-10(16)7-11(17)14(19-13)20-12-6-9(15)5-4-8(12)2/h4-7H,3H2,1-2H3,(H,18,19). The smallest absolute Gasteiger partial charge is 0.258 e. The van der Waals surface area contributed by atoms with E-state index in [1.54, 1.807) is 13.8 Å². The highest BCUT2D eigenvalue weighted by atomic mass is 19.1. The lowest BCUT2D eigenvalue weighted by atomic mass is 10.2. The van der Waals surface area contributed by atoms with Crippen molar-refractivity contribution >= 4 is 5.82 Å². The molecule has 1 aromatic carbocycles. The molecule has 1 aromatic heterocycles. The predicted molar refractivity (Wildman–Crippen MR) is 69.5 cm³/mol. The molecule has 0 atom stereocenters. The number of hydrogen-bond acceptors (Lipinski definition) is 3. The molecule has 106 valence electrons. The van der Waals surface area contributed by atoms with E-state index >= 15 is 0 Å². The summed E-state index contributed by atoms with van der Waals surface area (Å²) in [6, 6.07) is 4.56. The van der Waals surface area contributed by atoms with Crippen LogP contribution in [0.1, 0.15) is 12.5 Å². The molecule has 0 fully saturated rings. The second-order valence-electron chi connectivity index (χ2n) is 4.15. The molecule has 0 saturated heterocycles. The van der Waals surface area contributed by atoms with Gasteiger partial charge in [0.15, 0.2) is 17.5 Å². The topological polar surface area (TPSA) is 34.2 Å². The van der Waals surface area contributed by atoms with Gasteiger partial charge in [0.05, 0.1) is 0 Å². The lowest BCUT2D eigenvalue weighted by Crippen LogP contribution is -2.05. The number of aromatic nitrogens is 1. The molecule has 0 unspecified atom stereocenters. The van der Waals surface area contributed by atoms with Gasteiger partial charge in [-0.15, -0.1) is 0 Å². The summed E-state index contributed by atoms with van der Waals surface area (Å²) in [7, 11) is 0. The van der Waals surface area contributed by atoms with Gasteiger partial charge < -0.3 is 10.1 Å². The maximum atomic E-state index is 13.6. The normalized spacial score (nSPS) is 10.4. The third-order valence-corrected chi connectivity index (χ3v) is 2.60. The molecule has 1 heterocycles. The number of aryl methyl sites for hydroxylation is 1. The number of benzene rings is 1. The molecular weight excluding hydrogens is 269 g/mol. The number of pyridine rings is 1. The number of anilines is 1. The molecule has 3 nitrogen and oxygen atoms in total. The Kier molecular flexibility index (Phi) is 4.12. The number of ether oxygens (including phenoxy) is 1. The van der Waals surface area contributed by atoms with Crippen molar-refractivity contribution in [3.8, 4) is 11.6 Å². The van der Waals surface area contributed by atoms with Crippen LogP contribution in [0.25, 0.3) is 0 Å². The van der Waals surface area contributed by atoms with Crippen LogP contribution in [-0.4, -0.2) is 11.5 Å². The molecule has 6 heteroatoms. The molecule has 20 heavy (non-hydrogen) atoms. The van der Waals surface area contributed by atoms with Crippen LogP contribution in [0.4, 0.5) is 19.0 Å². The average molecular weight is 282 g/mol. The van der Waals surface area contributed by atoms with E-state index in [1.807, 2.05) is 0 Å². The van der Waals surface area contributed by atoms with Gasteiger partial charge in [0, 0.05) is 18.7 Å². The van der Waals surface area contributed by atoms with E-state index in [9.17, 15) is 13.2 Å². The zero-order valence-electron chi connectivity index (χ0n) is 11.0. The van der Waals surface area contributed by atoms with Crippen molar-refractivity contribution < 1.29 is 17.9 Å². The fourth-order valence-corrected chi connectivity index (χ4v) is 1.60. The number of rotatable bonds is 4. The highest BCUT2D eigenvalue weighted by molar-refractivity contribution is 5.42. The minimum atomic E-state index is -0.951. The van der Waals surface area contributed by atoms with Gasteiger partial charge in [-0.25, -0.2) is 13.2 Å². The van der Waals surface area contributed by atoms with Gasteiger partial charge in [-0.05, 0) is 25.5 Å². The Labute approximate surface area is 114 Å². The third kappa shape index (κ3) is 3.01. The number of nitrogens with zero attached hydrogens (tertiary/aromatic N) is 1. The first-order valence-corrected chi connectivity index (χ1v) is 6.05. The highest BCUT2D eigenvalue weighted by Crippen LogP contribution is 2.28. The number of nitrogens with one attached hydrogen (secondary N) is 1. The van der Waals surface area contributed by atoms with Crippen LogP contribution in [0.3, 0.4) is 0 Å². The fraction of sp³-hybridized carbons (Fsp3) is 0.214. The van der Waals surface area contributed by atoms with Crippen molar-refractivity contribution in [2.45, 2.75) is 13.8 Å². The van der Waals surface area contributed by atoms with E-state index in [0.29, 0.717) is 18.2 Å². The molecule has 0 amide bonds. The van der Waals surface area contributed by atoms with E-state index in [0.717, 1.165) is 6.07 Å². The molecule has 0 spiro atoms. The molecule has 0 aliphatic rings. The van der Waals surface area contributed by atoms with Gasteiger partial charge in [0.1, 0.15) is 11.6 Å². The SMILES string of the molecule is CCNc1nc(Oc2cc(F)ccc2C)c(F)cc1F. The average Bonchev–Trinajstić information content (AvgIpc) is 2.39. The van der Waals surface area contributed by atoms with Crippen molar-refractivity contribution in [3.63, 3.8) is 0 Å². The molecular formula is C14H13F3N2O. The van der Waals surface area contributed by atoms with Crippen LogP contribution < -0.4 is 10.1 Å². The van der Waals surface area contributed by atoms with Crippen LogP contribution in [0.15, 0.2) is 24.3 Å². The van der Waals surface area contributed by atoms with Gasteiger partial charge in [-0.1, -0.05) is 6.07 Å². The van der Waals surface area contributed by atoms with Crippen LogP contribution in [0.2, 0.25) is 0 Å². The molecule has 2 aromatic rings. The zero-order chi connectivity index (χ0) is 14.7. The van der Waals surface area contributed by atoms with E-state index in [4.69, 9.17) is 4.74 Å². The second kappa shape index (κ2) is 5.81. The Bertz CT molecular complexity index is 632. The van der Waals surface area contributed by atoms with Gasteiger partial charge in [-0.2, -0.15) is 4.98 Å². The summed E-state index contributed by atoms with van der Waals surface area (Å²) in [6.45, 7) is 3.86. The first-order valence-electron chi connectivity index (χ1n) is 6.05. The summed E-state index contributed by atoms with van der Waals surface area (Å²) in [4.78, 5) is 3.72. The van der Waals surface area contributed by atoms with E-state index < -0.39 is 23.3 Å². The molecule has 0 aliphatic heterocycles. The summed E-state index contributed by atoms with van der Waals surface area (Å²) >= 11 is 0. The first kappa shape index (κ1) is 14.2. The van der Waals surface area contributed by atoms with Crippen molar-refractivity contribution in [2.24, 2.45) is 0 Å².